The van der Waals surface area contributed by atoms with Crippen LogP contribution < -0.4 is 15.4 Å². The van der Waals surface area contributed by atoms with E-state index in [0.29, 0.717) is 29.8 Å². The van der Waals surface area contributed by atoms with Crippen LogP contribution in [0.2, 0.25) is 0 Å². The second-order valence-electron chi connectivity index (χ2n) is 7.88. The predicted octanol–water partition coefficient (Wildman–Crippen LogP) is 4.27. The van der Waals surface area contributed by atoms with Crippen LogP contribution in [0.25, 0.3) is 11.3 Å². The smallest absolute Gasteiger partial charge is 0.416 e. The van der Waals surface area contributed by atoms with Crippen LogP contribution in [0.4, 0.5) is 18.9 Å². The minimum atomic E-state index is -4.53. The number of nitrogens with zero attached hydrogens (tertiary/aromatic N) is 3. The van der Waals surface area contributed by atoms with E-state index in [-0.39, 0.29) is 5.56 Å². The van der Waals surface area contributed by atoms with Gasteiger partial charge in [0.25, 0.3) is 5.91 Å². The summed E-state index contributed by atoms with van der Waals surface area (Å²) in [5, 5.41) is 10.2. The van der Waals surface area contributed by atoms with Crippen molar-refractivity contribution in [3.05, 3.63) is 59.9 Å². The Morgan fingerprint density at radius 2 is 2.15 bits per heavy atom. The summed E-state index contributed by atoms with van der Waals surface area (Å²) in [5.74, 6) is -0.270. The first kappa shape index (κ1) is 22.8. The molecule has 0 saturated carbocycles. The van der Waals surface area contributed by atoms with Crippen molar-refractivity contribution in [1.82, 2.24) is 20.1 Å². The molecule has 174 valence electrons. The molecule has 33 heavy (non-hydrogen) atoms. The molecule has 0 aliphatic carbocycles. The second kappa shape index (κ2) is 9.62. The van der Waals surface area contributed by atoms with Crippen molar-refractivity contribution in [2.75, 3.05) is 18.5 Å². The molecule has 3 heterocycles. The maximum Gasteiger partial charge on any atom is 0.416 e. The number of ether oxygens (including phenoxy) is 1. The number of rotatable bonds is 7. The van der Waals surface area contributed by atoms with Crippen molar-refractivity contribution < 1.29 is 22.7 Å². The van der Waals surface area contributed by atoms with E-state index in [4.69, 9.17) is 4.74 Å². The van der Waals surface area contributed by atoms with Gasteiger partial charge in [-0.2, -0.15) is 18.3 Å². The highest BCUT2D eigenvalue weighted by molar-refractivity contribution is 6.04. The lowest BCUT2D eigenvalue weighted by molar-refractivity contribution is -0.137. The highest BCUT2D eigenvalue weighted by Crippen LogP contribution is 2.32. The van der Waals surface area contributed by atoms with Gasteiger partial charge in [0.05, 0.1) is 35.3 Å². The average Bonchev–Trinajstić information content (AvgIpc) is 3.46. The first-order chi connectivity index (χ1) is 15.8. The molecule has 4 rings (SSSR count). The number of amides is 1. The Bertz CT molecular complexity index is 1120. The van der Waals surface area contributed by atoms with Crippen LogP contribution in [-0.4, -0.2) is 39.9 Å². The van der Waals surface area contributed by atoms with Gasteiger partial charge in [-0.15, -0.1) is 0 Å². The Morgan fingerprint density at radius 1 is 1.30 bits per heavy atom. The van der Waals surface area contributed by atoms with Gasteiger partial charge in [-0.1, -0.05) is 6.07 Å². The molecule has 0 bridgehead atoms. The summed E-state index contributed by atoms with van der Waals surface area (Å²) in [6.45, 7) is 1.49. The van der Waals surface area contributed by atoms with Crippen molar-refractivity contribution in [1.29, 1.82) is 0 Å². The number of halogens is 3. The number of pyridine rings is 1. The fourth-order valence-corrected chi connectivity index (χ4v) is 3.80. The van der Waals surface area contributed by atoms with E-state index < -0.39 is 17.6 Å². The summed E-state index contributed by atoms with van der Waals surface area (Å²) in [7, 11) is 1.77. The molecule has 0 spiro atoms. The fourth-order valence-electron chi connectivity index (χ4n) is 3.80. The normalized spacial score (nSPS) is 16.1. The minimum absolute atomic E-state index is 0.101. The average molecular weight is 459 g/mol. The third-order valence-electron chi connectivity index (χ3n) is 5.53. The summed E-state index contributed by atoms with van der Waals surface area (Å²) in [4.78, 5) is 17.0. The molecule has 3 aromatic rings. The molecule has 1 unspecified atom stereocenters. The topological polar surface area (TPSA) is 81.1 Å². The van der Waals surface area contributed by atoms with E-state index in [2.05, 4.69) is 20.7 Å². The molecule has 0 radical (unpaired) electrons. The molecule has 1 fully saturated rings. The zero-order valence-electron chi connectivity index (χ0n) is 18.0. The van der Waals surface area contributed by atoms with Crippen LogP contribution in [0, 0.1) is 0 Å². The van der Waals surface area contributed by atoms with Crippen LogP contribution in [0.5, 0.6) is 5.88 Å². The zero-order valence-corrected chi connectivity index (χ0v) is 18.0. The lowest BCUT2D eigenvalue weighted by atomic mass is 10.1. The van der Waals surface area contributed by atoms with Crippen LogP contribution in [0.15, 0.2) is 48.8 Å². The number of aryl methyl sites for hydroxylation is 1. The second-order valence-corrected chi connectivity index (χ2v) is 7.88. The number of hydrogen-bond acceptors (Lipinski definition) is 5. The summed E-state index contributed by atoms with van der Waals surface area (Å²) in [5.41, 5.74) is 0.696. The quantitative estimate of drug-likeness (QED) is 0.552. The number of aromatic nitrogens is 3. The number of anilines is 1. The SMILES string of the molecule is Cn1nccc1-c1cc(NC(=O)c2cccc(C(F)(F)F)c2)cnc1OCCC1CCCN1. The van der Waals surface area contributed by atoms with Crippen molar-refractivity contribution >= 4 is 11.6 Å². The van der Waals surface area contributed by atoms with Crippen LogP contribution in [-0.2, 0) is 13.2 Å². The molecular formula is C23H24F3N5O2. The van der Waals surface area contributed by atoms with Crippen LogP contribution in [0.1, 0.15) is 35.2 Å². The van der Waals surface area contributed by atoms with E-state index in [1.54, 1.807) is 30.1 Å². The molecule has 1 aromatic carbocycles. The van der Waals surface area contributed by atoms with Gasteiger partial charge in [0.15, 0.2) is 0 Å². The number of benzene rings is 1. The van der Waals surface area contributed by atoms with Gasteiger partial charge in [0.2, 0.25) is 5.88 Å². The highest BCUT2D eigenvalue weighted by atomic mass is 19.4. The van der Waals surface area contributed by atoms with E-state index in [1.807, 2.05) is 0 Å². The summed E-state index contributed by atoms with van der Waals surface area (Å²) in [6.07, 6.45) is 1.65. The first-order valence-corrected chi connectivity index (χ1v) is 10.6. The molecule has 2 aromatic heterocycles. The van der Waals surface area contributed by atoms with Crippen molar-refractivity contribution in [3.8, 4) is 17.1 Å². The van der Waals surface area contributed by atoms with Crippen molar-refractivity contribution in [3.63, 3.8) is 0 Å². The van der Waals surface area contributed by atoms with Crippen LogP contribution in [0.3, 0.4) is 0 Å². The molecule has 1 aliphatic rings. The molecule has 1 aliphatic heterocycles. The lowest BCUT2D eigenvalue weighted by Gasteiger charge is -2.15. The Kier molecular flexibility index (Phi) is 6.64. The van der Waals surface area contributed by atoms with E-state index in [0.717, 1.165) is 43.6 Å². The highest BCUT2D eigenvalue weighted by Gasteiger charge is 2.31. The van der Waals surface area contributed by atoms with Gasteiger partial charge in [-0.05, 0) is 56.1 Å². The fraction of sp³-hybridized carbons (Fsp3) is 0.348. The summed E-state index contributed by atoms with van der Waals surface area (Å²) >= 11 is 0. The van der Waals surface area contributed by atoms with Gasteiger partial charge in [-0.25, -0.2) is 4.98 Å². The van der Waals surface area contributed by atoms with E-state index in [1.165, 1.54) is 18.3 Å². The summed E-state index contributed by atoms with van der Waals surface area (Å²) in [6, 6.07) is 8.17. The Hall–Kier alpha value is -3.40. The molecule has 1 atom stereocenters. The third-order valence-corrected chi connectivity index (χ3v) is 5.53. The number of nitrogens with one attached hydrogen (secondary N) is 2. The molecule has 10 heteroatoms. The van der Waals surface area contributed by atoms with Crippen molar-refractivity contribution in [2.24, 2.45) is 7.05 Å². The molecule has 1 amide bonds. The Morgan fingerprint density at radius 3 is 2.85 bits per heavy atom. The monoisotopic (exact) mass is 459 g/mol. The van der Waals surface area contributed by atoms with Gasteiger partial charge < -0.3 is 15.4 Å². The number of hydrogen-bond donors (Lipinski definition) is 2. The number of carbonyl (C=O) groups is 1. The summed E-state index contributed by atoms with van der Waals surface area (Å²) < 4.78 is 46.5. The Balaban J connectivity index is 1.54. The maximum atomic E-state index is 13.0. The standard InChI is InChI=1S/C23H24F3N5O2/c1-31-20(7-10-29-31)19-13-18(14-28-22(19)33-11-8-17-6-3-9-27-17)30-21(32)15-4-2-5-16(12-15)23(24,25)26/h2,4-5,7,10,12-14,17,27H,3,6,8-9,11H2,1H3,(H,30,32). The minimum Gasteiger partial charge on any atom is -0.477 e. The van der Waals surface area contributed by atoms with Gasteiger partial charge in [0, 0.05) is 24.8 Å². The third kappa shape index (κ3) is 5.51. The zero-order chi connectivity index (χ0) is 23.4. The largest absolute Gasteiger partial charge is 0.477 e. The predicted molar refractivity (Wildman–Crippen MR) is 117 cm³/mol. The van der Waals surface area contributed by atoms with E-state index >= 15 is 0 Å². The van der Waals surface area contributed by atoms with Crippen LogP contribution >= 0.6 is 0 Å². The van der Waals surface area contributed by atoms with Gasteiger partial charge >= 0.3 is 6.18 Å². The Labute approximate surface area is 189 Å². The maximum absolute atomic E-state index is 13.0. The van der Waals surface area contributed by atoms with E-state index in [9.17, 15) is 18.0 Å². The molecule has 7 nitrogen and oxygen atoms in total. The molecule has 1 saturated heterocycles. The van der Waals surface area contributed by atoms with Gasteiger partial charge in [0.1, 0.15) is 0 Å². The number of carbonyl (C=O) groups excluding carboxylic acids is 1. The lowest BCUT2D eigenvalue weighted by Crippen LogP contribution is -2.23. The molecular weight excluding hydrogens is 435 g/mol. The first-order valence-electron chi connectivity index (χ1n) is 10.6. The number of alkyl halides is 3. The van der Waals surface area contributed by atoms with Crippen molar-refractivity contribution in [2.45, 2.75) is 31.5 Å². The van der Waals surface area contributed by atoms with Gasteiger partial charge in [-0.3, -0.25) is 9.48 Å². The molecule has 2 N–H and O–H groups in total.